The smallest absolute Gasteiger partial charge is 0.416 e. The van der Waals surface area contributed by atoms with Crippen LogP contribution in [0, 0.1) is 29.6 Å². The number of halogens is 3. The van der Waals surface area contributed by atoms with Crippen molar-refractivity contribution in [3.63, 3.8) is 0 Å². The number of nitrogens with zero attached hydrogens (tertiary/aromatic N) is 1. The molecule has 2 amide bonds. The molecular formula is C28H23F3N2O5S2. The number of aromatic nitrogens is 1. The quantitative estimate of drug-likeness (QED) is 0.424. The van der Waals surface area contributed by atoms with Gasteiger partial charge in [0.2, 0.25) is 11.8 Å². The zero-order chi connectivity index (χ0) is 28.1. The van der Waals surface area contributed by atoms with Crippen molar-refractivity contribution in [2.24, 2.45) is 29.6 Å². The molecule has 2 bridgehead atoms. The van der Waals surface area contributed by atoms with E-state index in [1.165, 1.54) is 12.1 Å². The van der Waals surface area contributed by atoms with Crippen molar-refractivity contribution in [1.82, 2.24) is 4.98 Å². The van der Waals surface area contributed by atoms with Gasteiger partial charge in [-0.2, -0.15) is 13.2 Å². The van der Waals surface area contributed by atoms with Gasteiger partial charge in [-0.15, -0.1) is 11.8 Å². The zero-order valence-electron chi connectivity index (χ0n) is 21.2. The fourth-order valence-corrected chi connectivity index (χ4v) is 10.4. The molecule has 3 heterocycles. The molecule has 2 aromatic carbocycles. The number of rotatable bonds is 4. The van der Waals surface area contributed by atoms with Gasteiger partial charge in [0.15, 0.2) is 11.5 Å². The fourth-order valence-electron chi connectivity index (χ4n) is 7.51. The average molecular weight is 589 g/mol. The number of thiazole rings is 1. The molecule has 2 saturated carbocycles. The highest BCUT2D eigenvalue weighted by molar-refractivity contribution is 8.00. The Balaban J connectivity index is 1.30. The number of aromatic amines is 1. The van der Waals surface area contributed by atoms with E-state index in [2.05, 4.69) is 4.98 Å². The van der Waals surface area contributed by atoms with E-state index in [0.29, 0.717) is 17.9 Å². The average Bonchev–Trinajstić information content (AvgIpc) is 3.66. The lowest BCUT2D eigenvalue weighted by molar-refractivity contribution is -0.137. The molecular weight excluding hydrogens is 565 g/mol. The standard InChI is InChI=1S/C28H23F3N2O5S2/c1-37-16-7-6-11(8-17(16)38-2)18-19-14-10-15(22(19)39-24-23(18)40-27(36)32-24)21-20(14)25(34)33(26(21)35)13-5-3-4-12(9-13)28(29,30)31/h3-9,14-15,18-22H,10H2,1-2H3,(H,32,36)/t14-,15+,18+,19+,20+,21+,22-/m1/s1. The normalized spacial score (nSPS) is 30.3. The van der Waals surface area contributed by atoms with Crippen LogP contribution in [-0.2, 0) is 15.8 Å². The topological polar surface area (TPSA) is 88.7 Å². The first-order valence-electron chi connectivity index (χ1n) is 12.8. The largest absolute Gasteiger partial charge is 0.493 e. The number of hydrogen-bond acceptors (Lipinski definition) is 7. The van der Waals surface area contributed by atoms with E-state index in [1.54, 1.807) is 26.0 Å². The van der Waals surface area contributed by atoms with Gasteiger partial charge in [-0.05, 0) is 60.1 Å². The van der Waals surface area contributed by atoms with Crippen molar-refractivity contribution < 1.29 is 32.2 Å². The maximum Gasteiger partial charge on any atom is 0.416 e. The number of anilines is 1. The number of H-pyrrole nitrogens is 1. The molecule has 7 atom stereocenters. The summed E-state index contributed by atoms with van der Waals surface area (Å²) in [6.45, 7) is 0. The van der Waals surface area contributed by atoms with Crippen LogP contribution >= 0.6 is 23.1 Å². The van der Waals surface area contributed by atoms with E-state index < -0.39 is 35.4 Å². The van der Waals surface area contributed by atoms with Gasteiger partial charge >= 0.3 is 11.0 Å². The summed E-state index contributed by atoms with van der Waals surface area (Å²) in [5.74, 6) is -1.55. The van der Waals surface area contributed by atoms with Gasteiger partial charge in [0.25, 0.3) is 0 Å². The second-order valence-corrected chi connectivity index (χ2v) is 12.8. The van der Waals surface area contributed by atoms with Gasteiger partial charge in [-0.1, -0.05) is 23.5 Å². The predicted octanol–water partition coefficient (Wildman–Crippen LogP) is 5.15. The number of amides is 2. The maximum atomic E-state index is 13.8. The number of imide groups is 1. The van der Waals surface area contributed by atoms with Crippen molar-refractivity contribution in [3.8, 4) is 11.5 Å². The molecule has 3 aromatic rings. The second kappa shape index (κ2) is 8.87. The lowest BCUT2D eigenvalue weighted by Gasteiger charge is -2.43. The summed E-state index contributed by atoms with van der Waals surface area (Å²) >= 11 is 2.70. The van der Waals surface area contributed by atoms with Crippen LogP contribution in [-0.4, -0.2) is 36.3 Å². The number of fused-ring (bicyclic) bond motifs is 9. The van der Waals surface area contributed by atoms with Crippen LogP contribution in [0.3, 0.4) is 0 Å². The highest BCUT2D eigenvalue weighted by Gasteiger charge is 2.69. The van der Waals surface area contributed by atoms with Crippen LogP contribution in [0.5, 0.6) is 11.5 Å². The number of carbonyl (C=O) groups excluding carboxylic acids is 2. The molecule has 0 radical (unpaired) electrons. The number of carbonyl (C=O) groups is 2. The van der Waals surface area contributed by atoms with Gasteiger partial charge in [-0.3, -0.25) is 19.3 Å². The Labute approximate surface area is 234 Å². The highest BCUT2D eigenvalue weighted by atomic mass is 32.2. The van der Waals surface area contributed by atoms with Crippen LogP contribution in [0.15, 0.2) is 52.3 Å². The van der Waals surface area contributed by atoms with E-state index in [4.69, 9.17) is 9.47 Å². The van der Waals surface area contributed by atoms with Crippen LogP contribution in [0.4, 0.5) is 18.9 Å². The van der Waals surface area contributed by atoms with E-state index in [0.717, 1.165) is 43.8 Å². The summed E-state index contributed by atoms with van der Waals surface area (Å²) in [6, 6.07) is 10.0. The number of nitrogens with one attached hydrogen (secondary N) is 1. The Morgan fingerprint density at radius 3 is 2.38 bits per heavy atom. The van der Waals surface area contributed by atoms with E-state index in [9.17, 15) is 27.6 Å². The van der Waals surface area contributed by atoms with Crippen molar-refractivity contribution >= 4 is 40.6 Å². The number of methoxy groups -OCH3 is 2. The molecule has 7 nitrogen and oxygen atoms in total. The van der Waals surface area contributed by atoms with Crippen molar-refractivity contribution in [3.05, 3.63) is 68.1 Å². The van der Waals surface area contributed by atoms with Crippen molar-refractivity contribution in [1.29, 1.82) is 0 Å². The molecule has 3 fully saturated rings. The summed E-state index contributed by atoms with van der Waals surface area (Å²) in [5.41, 5.74) is -0.0362. The fraction of sp³-hybridized carbons (Fsp3) is 0.393. The lowest BCUT2D eigenvalue weighted by Crippen LogP contribution is -2.42. The van der Waals surface area contributed by atoms with Gasteiger partial charge in [0.05, 0.1) is 42.3 Å². The zero-order valence-corrected chi connectivity index (χ0v) is 22.9. The van der Waals surface area contributed by atoms with E-state index in [-0.39, 0.29) is 39.5 Å². The SMILES string of the molecule is COc1ccc([C@@H]2c3sc(=O)[nH]c3S[C@@H]3[C@H]4C[C@@H]([C@@H]5C(=O)N(c6cccc(C(F)(F)F)c6)C(=O)[C@@H]45)[C@@H]23)cc1OC. The molecule has 2 aliphatic heterocycles. The monoisotopic (exact) mass is 588 g/mol. The van der Waals surface area contributed by atoms with E-state index >= 15 is 0 Å². The molecule has 40 heavy (non-hydrogen) atoms. The molecule has 208 valence electrons. The van der Waals surface area contributed by atoms with Gasteiger partial charge in [0, 0.05) is 16.0 Å². The summed E-state index contributed by atoms with van der Waals surface area (Å²) in [5, 5.41) is 0.729. The summed E-state index contributed by atoms with van der Waals surface area (Å²) < 4.78 is 51.2. The number of ether oxygens (including phenoxy) is 2. The molecule has 1 saturated heterocycles. The van der Waals surface area contributed by atoms with Gasteiger partial charge in [0.1, 0.15) is 0 Å². The number of thioether (sulfide) groups is 1. The predicted molar refractivity (Wildman–Crippen MR) is 142 cm³/mol. The first kappa shape index (κ1) is 25.7. The Morgan fingerprint density at radius 1 is 0.950 bits per heavy atom. The molecule has 1 N–H and O–H groups in total. The molecule has 4 aliphatic rings. The Morgan fingerprint density at radius 2 is 1.68 bits per heavy atom. The summed E-state index contributed by atoms with van der Waals surface area (Å²) in [7, 11) is 3.10. The summed E-state index contributed by atoms with van der Waals surface area (Å²) in [4.78, 5) is 44.6. The first-order chi connectivity index (χ1) is 19.1. The first-order valence-corrected chi connectivity index (χ1v) is 14.5. The van der Waals surface area contributed by atoms with Gasteiger partial charge < -0.3 is 14.5 Å². The number of benzene rings is 2. The number of alkyl halides is 3. The molecule has 0 spiro atoms. The molecule has 0 unspecified atom stereocenters. The van der Waals surface area contributed by atoms with Crippen LogP contribution in [0.2, 0.25) is 0 Å². The second-order valence-electron chi connectivity index (χ2n) is 10.6. The third-order valence-electron chi connectivity index (χ3n) is 8.92. The molecule has 2 aliphatic carbocycles. The molecule has 7 rings (SSSR count). The number of hydrogen-bond donors (Lipinski definition) is 1. The Bertz CT molecular complexity index is 1620. The van der Waals surface area contributed by atoms with Crippen LogP contribution < -0.4 is 19.2 Å². The van der Waals surface area contributed by atoms with Crippen molar-refractivity contribution in [2.45, 2.75) is 28.8 Å². The van der Waals surface area contributed by atoms with Crippen LogP contribution in [0.25, 0.3) is 0 Å². The third kappa shape index (κ3) is 3.54. The van der Waals surface area contributed by atoms with Crippen molar-refractivity contribution in [2.75, 3.05) is 19.1 Å². The molecule has 1 aromatic heterocycles. The highest BCUT2D eigenvalue weighted by Crippen LogP contribution is 2.68. The van der Waals surface area contributed by atoms with Gasteiger partial charge in [-0.25, -0.2) is 0 Å². The summed E-state index contributed by atoms with van der Waals surface area (Å²) in [6.07, 6.45) is -3.92. The Hall–Kier alpha value is -3.25. The molecule has 12 heteroatoms. The maximum absolute atomic E-state index is 13.8. The van der Waals surface area contributed by atoms with E-state index in [1.807, 2.05) is 18.2 Å². The minimum absolute atomic E-state index is 0.0414. The minimum Gasteiger partial charge on any atom is -0.493 e. The lowest BCUT2D eigenvalue weighted by atomic mass is 9.68. The third-order valence-corrected chi connectivity index (χ3v) is 11.5. The van der Waals surface area contributed by atoms with Crippen LogP contribution in [0.1, 0.15) is 28.3 Å². The Kier molecular flexibility index (Phi) is 5.70. The minimum atomic E-state index is -4.59.